The number of carbonyl (C=O) groups is 2. The number of rotatable bonds is 3. The van der Waals surface area contributed by atoms with Crippen LogP contribution in [0.5, 0.6) is 5.75 Å². The smallest absolute Gasteiger partial charge is 0.344 e. The average molecular weight is 515 g/mol. The van der Waals surface area contributed by atoms with Gasteiger partial charge in [-0.1, -0.05) is 15.9 Å². The van der Waals surface area contributed by atoms with Crippen LogP contribution in [0.15, 0.2) is 37.7 Å². The summed E-state index contributed by atoms with van der Waals surface area (Å²) < 4.78 is 33.3. The van der Waals surface area contributed by atoms with Gasteiger partial charge < -0.3 is 9.84 Å². The number of hydrogen-bond donors (Lipinski definition) is 1. The third-order valence-electron chi connectivity index (χ3n) is 2.69. The Morgan fingerprint density at radius 3 is 2.30 bits per heavy atom. The fourth-order valence-corrected chi connectivity index (χ4v) is 3.27. The van der Waals surface area contributed by atoms with Crippen molar-refractivity contribution in [3.63, 3.8) is 0 Å². The summed E-state index contributed by atoms with van der Waals surface area (Å²) in [6, 6.07) is 4.48. The Kier molecular flexibility index (Phi) is 5.53. The summed E-state index contributed by atoms with van der Waals surface area (Å²) in [6.07, 6.45) is 0. The van der Waals surface area contributed by atoms with Crippen LogP contribution in [0.3, 0.4) is 0 Å². The van der Waals surface area contributed by atoms with Crippen molar-refractivity contribution in [2.75, 3.05) is 0 Å². The molecule has 0 bridgehead atoms. The first-order valence-electron chi connectivity index (χ1n) is 5.80. The second kappa shape index (κ2) is 7.06. The van der Waals surface area contributed by atoms with Crippen molar-refractivity contribution in [3.05, 3.63) is 60.4 Å². The quantitative estimate of drug-likeness (QED) is 0.349. The van der Waals surface area contributed by atoms with Gasteiger partial charge >= 0.3 is 11.9 Å². The van der Waals surface area contributed by atoms with Crippen molar-refractivity contribution < 1.29 is 28.2 Å². The van der Waals surface area contributed by atoms with Gasteiger partial charge in [-0.15, -0.1) is 0 Å². The van der Waals surface area contributed by atoms with E-state index in [-0.39, 0.29) is 5.56 Å². The molecule has 0 aliphatic carbocycles. The zero-order valence-corrected chi connectivity index (χ0v) is 15.6. The molecule has 2 aromatic carbocycles. The van der Waals surface area contributed by atoms with Gasteiger partial charge in [0.25, 0.3) is 0 Å². The number of carboxylic acid groups (broad SMARTS) is 1. The maximum absolute atomic E-state index is 13.8. The number of benzene rings is 2. The molecule has 9 heteroatoms. The number of aromatic carboxylic acids is 1. The van der Waals surface area contributed by atoms with Crippen LogP contribution in [-0.2, 0) is 0 Å². The van der Waals surface area contributed by atoms with Gasteiger partial charge in [-0.05, 0) is 56.1 Å². The predicted octanol–water partition coefficient (Wildman–Crippen LogP) is 5.17. The second-order valence-corrected chi connectivity index (χ2v) is 6.74. The molecule has 0 fully saturated rings. The number of halogens is 5. The summed E-state index contributed by atoms with van der Waals surface area (Å²) in [5.41, 5.74) is -0.673. The van der Waals surface area contributed by atoms with Crippen LogP contribution in [0.25, 0.3) is 0 Å². The van der Waals surface area contributed by atoms with Crippen LogP contribution < -0.4 is 4.74 Å². The molecule has 23 heavy (non-hydrogen) atoms. The molecule has 0 amide bonds. The largest absolute Gasteiger partial charge is 0.478 e. The van der Waals surface area contributed by atoms with E-state index in [0.29, 0.717) is 19.5 Å². The lowest BCUT2D eigenvalue weighted by Gasteiger charge is -2.11. The van der Waals surface area contributed by atoms with Crippen molar-refractivity contribution >= 4 is 59.7 Å². The molecule has 2 rings (SSSR count). The first-order valence-corrected chi connectivity index (χ1v) is 8.18. The number of esters is 1. The van der Waals surface area contributed by atoms with Crippen molar-refractivity contribution in [1.29, 1.82) is 0 Å². The fourth-order valence-electron chi connectivity index (χ4n) is 1.65. The first-order chi connectivity index (χ1) is 10.7. The highest BCUT2D eigenvalue weighted by Gasteiger charge is 2.24. The summed E-state index contributed by atoms with van der Waals surface area (Å²) in [4.78, 5) is 23.3. The van der Waals surface area contributed by atoms with E-state index in [4.69, 9.17) is 9.84 Å². The summed E-state index contributed by atoms with van der Waals surface area (Å²) in [5.74, 6) is -6.46. The van der Waals surface area contributed by atoms with E-state index in [1.165, 1.54) is 6.07 Å². The molecule has 0 saturated heterocycles. The van der Waals surface area contributed by atoms with Crippen LogP contribution >= 0.6 is 47.8 Å². The molecule has 0 spiro atoms. The van der Waals surface area contributed by atoms with Crippen molar-refractivity contribution in [3.8, 4) is 5.75 Å². The van der Waals surface area contributed by atoms with Gasteiger partial charge in [0.05, 0.1) is 5.56 Å². The monoisotopic (exact) mass is 512 g/mol. The van der Waals surface area contributed by atoms with E-state index in [0.717, 1.165) is 6.07 Å². The molecule has 0 saturated carbocycles. The standard InChI is InChI=1S/C14H5Br3F2O4/c15-5-3-7(10(17)8(16)4-5)14(22)23-12-6(13(20)21)1-2-9(18)11(12)19/h1-4H,(H,20,21). The zero-order chi connectivity index (χ0) is 17.3. The Morgan fingerprint density at radius 2 is 1.70 bits per heavy atom. The normalized spacial score (nSPS) is 10.5. The number of ether oxygens (including phenoxy) is 1. The van der Waals surface area contributed by atoms with E-state index >= 15 is 0 Å². The molecule has 0 aliphatic heterocycles. The lowest BCUT2D eigenvalue weighted by Crippen LogP contribution is -2.14. The molecule has 0 aliphatic rings. The number of hydrogen-bond acceptors (Lipinski definition) is 3. The molecular weight excluding hydrogens is 510 g/mol. The van der Waals surface area contributed by atoms with Crippen LogP contribution in [0.2, 0.25) is 0 Å². The van der Waals surface area contributed by atoms with E-state index in [1.807, 2.05) is 0 Å². The van der Waals surface area contributed by atoms with Gasteiger partial charge in [0.15, 0.2) is 11.6 Å². The van der Waals surface area contributed by atoms with E-state index in [9.17, 15) is 18.4 Å². The van der Waals surface area contributed by atoms with Gasteiger partial charge in [0.1, 0.15) is 5.56 Å². The van der Waals surface area contributed by atoms with E-state index < -0.39 is 34.9 Å². The molecular formula is C14H5Br3F2O4. The Hall–Kier alpha value is -1.32. The highest BCUT2D eigenvalue weighted by molar-refractivity contribution is 9.13. The highest BCUT2D eigenvalue weighted by Crippen LogP contribution is 2.32. The third-order valence-corrected chi connectivity index (χ3v) is 5.16. The Balaban J connectivity index is 2.50. The summed E-state index contributed by atoms with van der Waals surface area (Å²) >= 11 is 9.54. The summed E-state index contributed by atoms with van der Waals surface area (Å²) in [6.45, 7) is 0. The third kappa shape index (κ3) is 3.78. The van der Waals surface area contributed by atoms with E-state index in [1.54, 1.807) is 6.07 Å². The van der Waals surface area contributed by atoms with E-state index in [2.05, 4.69) is 47.8 Å². The minimum absolute atomic E-state index is 0.00810. The maximum Gasteiger partial charge on any atom is 0.344 e. The van der Waals surface area contributed by atoms with Crippen molar-refractivity contribution in [2.24, 2.45) is 0 Å². The van der Waals surface area contributed by atoms with Crippen molar-refractivity contribution in [1.82, 2.24) is 0 Å². The van der Waals surface area contributed by atoms with Crippen LogP contribution in [0, 0.1) is 11.6 Å². The molecule has 0 atom stereocenters. The lowest BCUT2D eigenvalue weighted by atomic mass is 10.2. The SMILES string of the molecule is O=C(Oc1c(C(=O)O)ccc(F)c1F)c1cc(Br)cc(Br)c1Br. The Labute approximate surface area is 153 Å². The molecule has 0 unspecified atom stereocenters. The molecule has 0 heterocycles. The Morgan fingerprint density at radius 1 is 1.04 bits per heavy atom. The second-order valence-electron chi connectivity index (χ2n) is 4.18. The predicted molar refractivity (Wildman–Crippen MR) is 87.8 cm³/mol. The minimum atomic E-state index is -1.55. The topological polar surface area (TPSA) is 63.6 Å². The lowest BCUT2D eigenvalue weighted by molar-refractivity contribution is 0.0676. The minimum Gasteiger partial charge on any atom is -0.478 e. The summed E-state index contributed by atoms with van der Waals surface area (Å²) in [7, 11) is 0. The van der Waals surface area contributed by atoms with Gasteiger partial charge in [0, 0.05) is 13.4 Å². The van der Waals surface area contributed by atoms with Gasteiger partial charge in [0.2, 0.25) is 5.82 Å². The maximum atomic E-state index is 13.8. The molecule has 2 aromatic rings. The molecule has 0 radical (unpaired) electrons. The van der Waals surface area contributed by atoms with Crippen LogP contribution in [0.1, 0.15) is 20.7 Å². The Bertz CT molecular complexity index is 824. The van der Waals surface area contributed by atoms with Crippen molar-refractivity contribution in [2.45, 2.75) is 0 Å². The van der Waals surface area contributed by atoms with Crippen LogP contribution in [-0.4, -0.2) is 17.0 Å². The first kappa shape index (κ1) is 18.0. The average Bonchev–Trinajstić information content (AvgIpc) is 2.47. The molecule has 120 valence electrons. The molecule has 0 aromatic heterocycles. The fraction of sp³-hybridized carbons (Fsp3) is 0. The van der Waals surface area contributed by atoms with Gasteiger partial charge in [-0.25, -0.2) is 14.0 Å². The highest BCUT2D eigenvalue weighted by atomic mass is 79.9. The molecule has 4 nitrogen and oxygen atoms in total. The molecule has 1 N–H and O–H groups in total. The van der Waals surface area contributed by atoms with Gasteiger partial charge in [-0.2, -0.15) is 4.39 Å². The zero-order valence-electron chi connectivity index (χ0n) is 10.9. The number of carboxylic acids is 1. The van der Waals surface area contributed by atoms with Crippen LogP contribution in [0.4, 0.5) is 8.78 Å². The summed E-state index contributed by atoms with van der Waals surface area (Å²) in [5, 5.41) is 9.00. The number of carbonyl (C=O) groups excluding carboxylic acids is 1. The van der Waals surface area contributed by atoms with Gasteiger partial charge in [-0.3, -0.25) is 0 Å².